The van der Waals surface area contributed by atoms with Gasteiger partial charge in [0.15, 0.2) is 0 Å². The lowest BCUT2D eigenvalue weighted by atomic mass is 10.2. The monoisotopic (exact) mass is 277 g/mol. The number of alkyl halides is 1. The van der Waals surface area contributed by atoms with Gasteiger partial charge in [-0.2, -0.15) is 0 Å². The van der Waals surface area contributed by atoms with Crippen LogP contribution < -0.4 is 5.73 Å². The molecule has 0 aliphatic carbocycles. The number of hydrogen-bond acceptors (Lipinski definition) is 1. The summed E-state index contributed by atoms with van der Waals surface area (Å²) in [6, 6.07) is 2.76. The first-order valence-electron chi connectivity index (χ1n) is 4.12. The average Bonchev–Trinajstić information content (AvgIpc) is 2.14. The Hall–Kier alpha value is -0.540. The van der Waals surface area contributed by atoms with Gasteiger partial charge in [-0.1, -0.05) is 39.7 Å². The molecule has 0 heterocycles. The third kappa shape index (κ3) is 3.00. The highest BCUT2D eigenvalue weighted by atomic mass is 79.9. The molecule has 0 atom stereocenters. The van der Waals surface area contributed by atoms with Crippen LogP contribution in [0.5, 0.6) is 0 Å². The van der Waals surface area contributed by atoms with Crippen LogP contribution in [0.1, 0.15) is 12.0 Å². The third-order valence-corrected chi connectivity index (χ3v) is 2.47. The van der Waals surface area contributed by atoms with Crippen LogP contribution >= 0.6 is 27.5 Å². The van der Waals surface area contributed by atoms with Crippen molar-refractivity contribution in [3.8, 4) is 0 Å². The summed E-state index contributed by atoms with van der Waals surface area (Å²) in [6.45, 7) is 0. The topological polar surface area (TPSA) is 26.0 Å². The second-order valence-electron chi connectivity index (χ2n) is 2.78. The van der Waals surface area contributed by atoms with Crippen LogP contribution in [-0.2, 0) is 0 Å². The zero-order valence-corrected chi connectivity index (χ0v) is 9.78. The zero-order valence-electron chi connectivity index (χ0n) is 7.43. The first-order valence-corrected chi connectivity index (χ1v) is 5.62. The average molecular weight is 279 g/mol. The van der Waals surface area contributed by atoms with Gasteiger partial charge < -0.3 is 5.73 Å². The van der Waals surface area contributed by atoms with Crippen molar-refractivity contribution in [3.05, 3.63) is 34.6 Å². The summed E-state index contributed by atoms with van der Waals surface area (Å²) in [6.07, 6.45) is 4.58. The molecule has 0 saturated heterocycles. The van der Waals surface area contributed by atoms with E-state index in [1.54, 1.807) is 6.08 Å². The molecular weight excluding hydrogens is 268 g/mol. The van der Waals surface area contributed by atoms with Gasteiger partial charge >= 0.3 is 0 Å². The molecule has 0 aliphatic rings. The summed E-state index contributed by atoms with van der Waals surface area (Å²) >= 11 is 9.16. The molecule has 0 fully saturated rings. The van der Waals surface area contributed by atoms with E-state index in [-0.39, 0.29) is 5.69 Å². The Bertz CT molecular complexity index is 352. The second-order valence-corrected chi connectivity index (χ2v) is 3.98. The van der Waals surface area contributed by atoms with Crippen LogP contribution in [0.15, 0.2) is 18.2 Å². The Morgan fingerprint density at radius 1 is 1.50 bits per heavy atom. The van der Waals surface area contributed by atoms with Crippen molar-refractivity contribution in [1.29, 1.82) is 0 Å². The van der Waals surface area contributed by atoms with Gasteiger partial charge in [0, 0.05) is 5.33 Å². The highest BCUT2D eigenvalue weighted by Gasteiger charge is 2.03. The summed E-state index contributed by atoms with van der Waals surface area (Å²) in [7, 11) is 0. The molecular formula is C10H10BrClFN. The minimum absolute atomic E-state index is 0.0765. The molecule has 2 N–H and O–H groups in total. The summed E-state index contributed by atoms with van der Waals surface area (Å²) in [4.78, 5) is 0. The molecule has 4 heteroatoms. The number of hydrogen-bond donors (Lipinski definition) is 1. The predicted octanol–water partition coefficient (Wildman–Crippen LogP) is 3.86. The fraction of sp³-hybridized carbons (Fsp3) is 0.200. The molecule has 1 aromatic rings. The van der Waals surface area contributed by atoms with Crippen molar-refractivity contribution >= 4 is 39.3 Å². The number of allylic oxidation sites excluding steroid dienone is 1. The summed E-state index contributed by atoms with van der Waals surface area (Å²) in [5.41, 5.74) is 6.08. The van der Waals surface area contributed by atoms with Crippen LogP contribution in [0.3, 0.4) is 0 Å². The first kappa shape index (κ1) is 11.5. The number of halogens is 3. The molecule has 1 nitrogen and oxygen atoms in total. The number of rotatable bonds is 3. The smallest absolute Gasteiger partial charge is 0.146 e. The molecule has 0 bridgehead atoms. The lowest BCUT2D eigenvalue weighted by molar-refractivity contribution is 0.632. The van der Waals surface area contributed by atoms with Gasteiger partial charge in [-0.3, -0.25) is 0 Å². The number of anilines is 1. The maximum absolute atomic E-state index is 13.0. The minimum atomic E-state index is -0.437. The van der Waals surface area contributed by atoms with E-state index >= 15 is 0 Å². The van der Waals surface area contributed by atoms with Crippen LogP contribution in [-0.4, -0.2) is 5.33 Å². The van der Waals surface area contributed by atoms with Gasteiger partial charge in [0.05, 0.1) is 10.7 Å². The highest BCUT2D eigenvalue weighted by molar-refractivity contribution is 9.09. The lowest BCUT2D eigenvalue weighted by Crippen LogP contribution is -1.91. The molecule has 1 aromatic carbocycles. The molecule has 76 valence electrons. The van der Waals surface area contributed by atoms with Crippen molar-refractivity contribution in [2.75, 3.05) is 11.1 Å². The maximum Gasteiger partial charge on any atom is 0.146 e. The third-order valence-electron chi connectivity index (χ3n) is 1.69. The predicted molar refractivity (Wildman–Crippen MR) is 63.3 cm³/mol. The van der Waals surface area contributed by atoms with E-state index in [1.807, 2.05) is 6.08 Å². The van der Waals surface area contributed by atoms with E-state index in [0.29, 0.717) is 10.6 Å². The van der Waals surface area contributed by atoms with E-state index in [1.165, 1.54) is 12.1 Å². The van der Waals surface area contributed by atoms with Crippen molar-refractivity contribution < 1.29 is 4.39 Å². The SMILES string of the molecule is Nc1cc(Cl)c(C=CCCBr)cc1F. The van der Waals surface area contributed by atoms with E-state index < -0.39 is 5.82 Å². The van der Waals surface area contributed by atoms with Crippen LogP contribution in [0.2, 0.25) is 5.02 Å². The molecule has 0 radical (unpaired) electrons. The molecule has 0 unspecified atom stereocenters. The van der Waals surface area contributed by atoms with Crippen LogP contribution in [0, 0.1) is 5.82 Å². The van der Waals surface area contributed by atoms with E-state index in [4.69, 9.17) is 17.3 Å². The first-order chi connectivity index (χ1) is 6.65. The lowest BCUT2D eigenvalue weighted by Gasteiger charge is -2.01. The molecule has 14 heavy (non-hydrogen) atoms. The summed E-state index contributed by atoms with van der Waals surface area (Å²) < 4.78 is 13.0. The number of nitrogen functional groups attached to an aromatic ring is 1. The van der Waals surface area contributed by atoms with Gasteiger partial charge in [-0.05, 0) is 24.1 Å². The molecule has 0 amide bonds. The maximum atomic E-state index is 13.0. The Morgan fingerprint density at radius 2 is 2.21 bits per heavy atom. The molecule has 0 aliphatic heterocycles. The summed E-state index contributed by atoms with van der Waals surface area (Å²) in [5, 5.41) is 1.34. The van der Waals surface area contributed by atoms with Gasteiger partial charge in [0.1, 0.15) is 5.82 Å². The highest BCUT2D eigenvalue weighted by Crippen LogP contribution is 2.23. The summed E-state index contributed by atoms with van der Waals surface area (Å²) in [5.74, 6) is -0.437. The van der Waals surface area contributed by atoms with E-state index in [0.717, 1.165) is 11.8 Å². The minimum Gasteiger partial charge on any atom is -0.396 e. The van der Waals surface area contributed by atoms with Crippen LogP contribution in [0.4, 0.5) is 10.1 Å². The van der Waals surface area contributed by atoms with Crippen molar-refractivity contribution in [2.45, 2.75) is 6.42 Å². The molecule has 0 spiro atoms. The second kappa shape index (κ2) is 5.37. The Labute approximate surface area is 95.9 Å². The van der Waals surface area contributed by atoms with Crippen molar-refractivity contribution in [3.63, 3.8) is 0 Å². The Balaban J connectivity index is 2.92. The number of benzene rings is 1. The standard InChI is InChI=1S/C10H10BrClFN/c11-4-2-1-3-7-5-9(13)10(14)6-8(7)12/h1,3,5-6H,2,4,14H2. The zero-order chi connectivity index (χ0) is 10.6. The normalized spacial score (nSPS) is 11.1. The van der Waals surface area contributed by atoms with Gasteiger partial charge in [0.2, 0.25) is 0 Å². The fourth-order valence-electron chi connectivity index (χ4n) is 0.979. The van der Waals surface area contributed by atoms with Gasteiger partial charge in [0.25, 0.3) is 0 Å². The van der Waals surface area contributed by atoms with Gasteiger partial charge in [-0.15, -0.1) is 0 Å². The largest absolute Gasteiger partial charge is 0.396 e. The molecule has 0 saturated carbocycles. The van der Waals surface area contributed by atoms with Crippen LogP contribution in [0.25, 0.3) is 6.08 Å². The number of nitrogens with two attached hydrogens (primary N) is 1. The Kier molecular flexibility index (Phi) is 4.42. The van der Waals surface area contributed by atoms with E-state index in [2.05, 4.69) is 15.9 Å². The molecule has 0 aromatic heterocycles. The van der Waals surface area contributed by atoms with Crippen molar-refractivity contribution in [2.24, 2.45) is 0 Å². The van der Waals surface area contributed by atoms with E-state index in [9.17, 15) is 4.39 Å². The quantitative estimate of drug-likeness (QED) is 0.659. The Morgan fingerprint density at radius 3 is 2.86 bits per heavy atom. The van der Waals surface area contributed by atoms with Gasteiger partial charge in [-0.25, -0.2) is 4.39 Å². The fourth-order valence-corrected chi connectivity index (χ4v) is 1.48. The molecule has 1 rings (SSSR count). The van der Waals surface area contributed by atoms with Crippen molar-refractivity contribution in [1.82, 2.24) is 0 Å².